The normalized spacial score (nSPS) is 32.7. The van der Waals surface area contributed by atoms with Crippen LogP contribution in [0.5, 0.6) is 0 Å². The van der Waals surface area contributed by atoms with Crippen molar-refractivity contribution in [2.45, 2.75) is 32.1 Å². The standard InChI is InChI=1S/C10H17NO/c12-10-3-1-8(2-4-10)9-5-6-11-7-9/h8-9,11H,1-7H2. The van der Waals surface area contributed by atoms with Crippen LogP contribution in [0.3, 0.4) is 0 Å². The fraction of sp³-hybridized carbons (Fsp3) is 0.900. The van der Waals surface area contributed by atoms with E-state index in [1.807, 2.05) is 0 Å². The molecule has 0 aromatic rings. The van der Waals surface area contributed by atoms with E-state index in [9.17, 15) is 4.79 Å². The molecule has 1 saturated heterocycles. The molecule has 1 unspecified atom stereocenters. The lowest BCUT2D eigenvalue weighted by Crippen LogP contribution is -2.23. The highest BCUT2D eigenvalue weighted by Crippen LogP contribution is 2.31. The van der Waals surface area contributed by atoms with E-state index in [1.165, 1.54) is 19.5 Å². The van der Waals surface area contributed by atoms with Crippen molar-refractivity contribution in [1.82, 2.24) is 5.32 Å². The minimum atomic E-state index is 0.484. The summed E-state index contributed by atoms with van der Waals surface area (Å²) in [4.78, 5) is 11.0. The lowest BCUT2D eigenvalue weighted by atomic mass is 9.79. The first kappa shape index (κ1) is 8.24. The summed E-state index contributed by atoms with van der Waals surface area (Å²) in [6, 6.07) is 0. The Hall–Kier alpha value is -0.370. The lowest BCUT2D eigenvalue weighted by molar-refractivity contribution is -0.121. The summed E-state index contributed by atoms with van der Waals surface area (Å²) in [7, 11) is 0. The van der Waals surface area contributed by atoms with Gasteiger partial charge >= 0.3 is 0 Å². The lowest BCUT2D eigenvalue weighted by Gasteiger charge is -2.25. The molecular weight excluding hydrogens is 150 g/mol. The van der Waals surface area contributed by atoms with E-state index < -0.39 is 0 Å². The van der Waals surface area contributed by atoms with Crippen molar-refractivity contribution in [3.05, 3.63) is 0 Å². The molecule has 2 fully saturated rings. The third-order valence-electron chi connectivity index (χ3n) is 3.35. The van der Waals surface area contributed by atoms with E-state index >= 15 is 0 Å². The van der Waals surface area contributed by atoms with Crippen molar-refractivity contribution in [1.29, 1.82) is 0 Å². The summed E-state index contributed by atoms with van der Waals surface area (Å²) in [5.41, 5.74) is 0. The Morgan fingerprint density at radius 3 is 2.42 bits per heavy atom. The molecule has 0 aromatic heterocycles. The molecule has 2 aliphatic rings. The second kappa shape index (κ2) is 3.56. The summed E-state index contributed by atoms with van der Waals surface area (Å²) < 4.78 is 0. The zero-order chi connectivity index (χ0) is 8.39. The smallest absolute Gasteiger partial charge is 0.132 e. The van der Waals surface area contributed by atoms with Crippen LogP contribution in [0.15, 0.2) is 0 Å². The molecule has 1 saturated carbocycles. The highest BCUT2D eigenvalue weighted by atomic mass is 16.1. The van der Waals surface area contributed by atoms with E-state index in [1.54, 1.807) is 0 Å². The van der Waals surface area contributed by atoms with E-state index in [0.29, 0.717) is 5.78 Å². The number of hydrogen-bond acceptors (Lipinski definition) is 2. The van der Waals surface area contributed by atoms with Gasteiger partial charge in [-0.3, -0.25) is 4.79 Å². The van der Waals surface area contributed by atoms with Gasteiger partial charge in [0.05, 0.1) is 0 Å². The van der Waals surface area contributed by atoms with Crippen LogP contribution in [0, 0.1) is 11.8 Å². The molecule has 1 heterocycles. The highest BCUT2D eigenvalue weighted by Gasteiger charge is 2.28. The number of Topliss-reactive ketones (excluding diaryl/α,β-unsaturated/α-hetero) is 1. The predicted octanol–water partition coefficient (Wildman–Crippen LogP) is 1.36. The molecule has 12 heavy (non-hydrogen) atoms. The molecule has 68 valence electrons. The molecule has 1 N–H and O–H groups in total. The molecule has 1 aliphatic heterocycles. The van der Waals surface area contributed by atoms with E-state index in [0.717, 1.165) is 37.5 Å². The Balaban J connectivity index is 1.84. The number of ketones is 1. The van der Waals surface area contributed by atoms with Crippen molar-refractivity contribution in [3.63, 3.8) is 0 Å². The Labute approximate surface area is 73.7 Å². The largest absolute Gasteiger partial charge is 0.316 e. The van der Waals surface area contributed by atoms with Gasteiger partial charge in [0, 0.05) is 12.8 Å². The topological polar surface area (TPSA) is 29.1 Å². The summed E-state index contributed by atoms with van der Waals surface area (Å²) >= 11 is 0. The van der Waals surface area contributed by atoms with Gasteiger partial charge in [-0.25, -0.2) is 0 Å². The van der Waals surface area contributed by atoms with Gasteiger partial charge in [0.2, 0.25) is 0 Å². The van der Waals surface area contributed by atoms with E-state index in [2.05, 4.69) is 5.32 Å². The molecule has 0 bridgehead atoms. The zero-order valence-corrected chi connectivity index (χ0v) is 7.51. The summed E-state index contributed by atoms with van der Waals surface area (Å²) in [6.45, 7) is 2.38. The first-order valence-electron chi connectivity index (χ1n) is 5.08. The first-order valence-corrected chi connectivity index (χ1v) is 5.08. The molecule has 0 radical (unpaired) electrons. The maximum Gasteiger partial charge on any atom is 0.132 e. The van der Waals surface area contributed by atoms with Gasteiger partial charge in [-0.1, -0.05) is 0 Å². The molecule has 2 nitrogen and oxygen atoms in total. The number of nitrogens with one attached hydrogen (secondary N) is 1. The van der Waals surface area contributed by atoms with Gasteiger partial charge in [0.15, 0.2) is 0 Å². The van der Waals surface area contributed by atoms with Crippen LogP contribution < -0.4 is 5.32 Å². The van der Waals surface area contributed by atoms with E-state index in [-0.39, 0.29) is 0 Å². The van der Waals surface area contributed by atoms with Crippen molar-refractivity contribution in [3.8, 4) is 0 Å². The second-order valence-corrected chi connectivity index (χ2v) is 4.13. The van der Waals surface area contributed by atoms with Crippen molar-refractivity contribution in [2.75, 3.05) is 13.1 Å². The highest BCUT2D eigenvalue weighted by molar-refractivity contribution is 5.79. The van der Waals surface area contributed by atoms with Gasteiger partial charge in [-0.2, -0.15) is 0 Å². The minimum Gasteiger partial charge on any atom is -0.316 e. The second-order valence-electron chi connectivity index (χ2n) is 4.13. The molecule has 0 aromatic carbocycles. The number of carbonyl (C=O) groups excluding carboxylic acids is 1. The van der Waals surface area contributed by atoms with Gasteiger partial charge in [-0.05, 0) is 44.2 Å². The van der Waals surface area contributed by atoms with Crippen LogP contribution >= 0.6 is 0 Å². The van der Waals surface area contributed by atoms with Crippen LogP contribution in [0.1, 0.15) is 32.1 Å². The Kier molecular flexibility index (Phi) is 2.45. The number of rotatable bonds is 1. The van der Waals surface area contributed by atoms with Crippen LogP contribution in [0.4, 0.5) is 0 Å². The number of hydrogen-bond donors (Lipinski definition) is 1. The minimum absolute atomic E-state index is 0.484. The Morgan fingerprint density at radius 2 is 1.83 bits per heavy atom. The average molecular weight is 167 g/mol. The Morgan fingerprint density at radius 1 is 1.08 bits per heavy atom. The van der Waals surface area contributed by atoms with Crippen molar-refractivity contribution < 1.29 is 4.79 Å². The summed E-state index contributed by atoms with van der Waals surface area (Å²) in [5.74, 6) is 2.20. The molecule has 1 atom stereocenters. The van der Waals surface area contributed by atoms with Crippen LogP contribution in [-0.2, 0) is 4.79 Å². The molecule has 0 spiro atoms. The maximum atomic E-state index is 11.0. The van der Waals surface area contributed by atoms with E-state index in [4.69, 9.17) is 0 Å². The molecule has 1 aliphatic carbocycles. The van der Waals surface area contributed by atoms with Gasteiger partial charge in [0.25, 0.3) is 0 Å². The molecule has 2 rings (SSSR count). The zero-order valence-electron chi connectivity index (χ0n) is 7.51. The van der Waals surface area contributed by atoms with Gasteiger partial charge in [0.1, 0.15) is 5.78 Å². The average Bonchev–Trinajstić information content (AvgIpc) is 2.58. The third kappa shape index (κ3) is 1.69. The predicted molar refractivity (Wildman–Crippen MR) is 47.9 cm³/mol. The summed E-state index contributed by atoms with van der Waals surface area (Å²) in [6.07, 6.45) is 5.34. The monoisotopic (exact) mass is 167 g/mol. The first-order chi connectivity index (χ1) is 5.86. The molecule has 0 amide bonds. The van der Waals surface area contributed by atoms with Gasteiger partial charge in [-0.15, -0.1) is 0 Å². The third-order valence-corrected chi connectivity index (χ3v) is 3.35. The number of carbonyl (C=O) groups is 1. The van der Waals surface area contributed by atoms with Crippen LogP contribution in [0.25, 0.3) is 0 Å². The summed E-state index contributed by atoms with van der Waals surface area (Å²) in [5, 5.41) is 3.40. The Bertz CT molecular complexity index is 163. The van der Waals surface area contributed by atoms with Crippen molar-refractivity contribution in [2.24, 2.45) is 11.8 Å². The maximum absolute atomic E-state index is 11.0. The fourth-order valence-corrected chi connectivity index (χ4v) is 2.51. The molecule has 2 heteroatoms. The van der Waals surface area contributed by atoms with Crippen LogP contribution in [0.2, 0.25) is 0 Å². The fourth-order valence-electron chi connectivity index (χ4n) is 2.51. The quantitative estimate of drug-likeness (QED) is 0.639. The molecular formula is C10H17NO. The SMILES string of the molecule is O=C1CCC(C2CCNC2)CC1. The van der Waals surface area contributed by atoms with Crippen molar-refractivity contribution >= 4 is 5.78 Å². The van der Waals surface area contributed by atoms with Gasteiger partial charge < -0.3 is 5.32 Å². The van der Waals surface area contributed by atoms with Crippen LogP contribution in [-0.4, -0.2) is 18.9 Å².